The molecule has 0 saturated heterocycles. The van der Waals surface area contributed by atoms with Crippen molar-refractivity contribution in [1.82, 2.24) is 0 Å². The Morgan fingerprint density at radius 1 is 0.636 bits per heavy atom. The molecule has 0 aliphatic heterocycles. The van der Waals surface area contributed by atoms with Crippen LogP contribution in [0, 0.1) is 11.6 Å². The first-order valence-corrected chi connectivity index (χ1v) is 11.3. The zero-order chi connectivity index (χ0) is 19.8. The van der Waals surface area contributed by atoms with Crippen LogP contribution in [0.4, 0.5) is 8.78 Å². The first-order valence-electron chi connectivity index (χ1n) is 6.64. The van der Waals surface area contributed by atoms with Gasteiger partial charge in [0.15, 0.2) is 0 Å². The van der Waals surface area contributed by atoms with Crippen LogP contribution >= 0.6 is 0 Å². The second-order valence-electron chi connectivity index (χ2n) is 4.59. The number of benzene rings is 2. The summed E-state index contributed by atoms with van der Waals surface area (Å²) in [6, 6.07) is 10.6. The molecule has 12 N–H and O–H groups in total. The minimum atomic E-state index is -3.84. The van der Waals surface area contributed by atoms with Crippen molar-refractivity contribution < 1.29 is 84.0 Å². The summed E-state index contributed by atoms with van der Waals surface area (Å²) in [5, 5.41) is 0. The third-order valence-electron chi connectivity index (χ3n) is 2.57. The maximum absolute atomic E-state index is 12.4. The van der Waals surface area contributed by atoms with Gasteiger partial charge in [0.2, 0.25) is 0 Å². The maximum atomic E-state index is 12.4. The molecule has 0 aromatic heterocycles. The van der Waals surface area contributed by atoms with Crippen molar-refractivity contribution in [3.63, 3.8) is 0 Å². The molecule has 2 aromatic carbocycles. The summed E-state index contributed by atoms with van der Waals surface area (Å²) in [7, 11) is -7.69. The van der Waals surface area contributed by atoms with Crippen LogP contribution < -0.4 is 0 Å². The third-order valence-corrected chi connectivity index (χ3v) is 3.96. The molecule has 0 spiro atoms. The zero-order valence-electron chi connectivity index (χ0n) is 16.2. The van der Waals surface area contributed by atoms with E-state index in [1.54, 1.807) is 0 Å². The average molecular weight is 609 g/mol. The van der Waals surface area contributed by atoms with Gasteiger partial charge in [-0.3, -0.25) is 8.37 Å². The Hall–Kier alpha value is -0.866. The first kappa shape index (κ1) is 49.3. The molecule has 2 atom stereocenters. The standard InChI is InChI=1S/2C7H7FO3S2.Ni.6H2O/c2*8-7-3-1-6(2-4-7)5-11-13(9,10)12;;;;;;;/h2*1-4H,5H2,(H,9,10,12);;6*1H2/q;;+2;;;;;;/p-2. The smallest absolute Gasteiger partial charge is 0.748 e. The number of hydrogen-bond acceptors (Lipinski definition) is 8. The van der Waals surface area contributed by atoms with Gasteiger partial charge < -0.3 is 42.0 Å². The molecule has 33 heavy (non-hydrogen) atoms. The summed E-state index contributed by atoms with van der Waals surface area (Å²) in [5.74, 6) is -0.769. The second kappa shape index (κ2) is 22.9. The largest absolute Gasteiger partial charge is 2.00 e. The van der Waals surface area contributed by atoms with Gasteiger partial charge in [0.1, 0.15) is 11.6 Å². The van der Waals surface area contributed by atoms with Gasteiger partial charge >= 0.3 is 16.5 Å². The maximum Gasteiger partial charge on any atom is 2.00 e. The molecule has 200 valence electrons. The topological polar surface area (TPSA) is 288 Å². The first-order chi connectivity index (χ1) is 11.9. The van der Waals surface area contributed by atoms with Gasteiger partial charge in [0.25, 0.3) is 0 Å². The summed E-state index contributed by atoms with van der Waals surface area (Å²) in [5.41, 5.74) is 1.10. The molecule has 0 radical (unpaired) electrons. The van der Waals surface area contributed by atoms with Crippen LogP contribution in [0.1, 0.15) is 11.1 Å². The predicted octanol–water partition coefficient (Wildman–Crippen LogP) is -2.68. The molecule has 2 aromatic rings. The quantitative estimate of drug-likeness (QED) is 0.310. The molecule has 0 bridgehead atoms. The fraction of sp³-hybridized carbons (Fsp3) is 0.143. The Morgan fingerprint density at radius 2 is 0.848 bits per heavy atom. The second-order valence-corrected chi connectivity index (χ2v) is 9.15. The van der Waals surface area contributed by atoms with Gasteiger partial charge in [0, 0.05) is 0 Å². The zero-order valence-corrected chi connectivity index (χ0v) is 20.4. The van der Waals surface area contributed by atoms with Crippen LogP contribution in [-0.2, 0) is 78.6 Å². The Bertz CT molecular complexity index is 837. The van der Waals surface area contributed by atoms with Crippen LogP contribution in [-0.4, -0.2) is 50.4 Å². The van der Waals surface area contributed by atoms with E-state index < -0.39 is 18.1 Å². The molecular weight excluding hydrogens is 585 g/mol. The fourth-order valence-corrected chi connectivity index (χ4v) is 2.29. The average Bonchev–Trinajstić information content (AvgIpc) is 2.53. The van der Waals surface area contributed by atoms with E-state index in [1.807, 2.05) is 0 Å². The summed E-state index contributed by atoms with van der Waals surface area (Å²) in [6.07, 6.45) is 0. The molecule has 2 rings (SSSR count). The molecule has 0 aliphatic carbocycles. The van der Waals surface area contributed by atoms with E-state index in [0.29, 0.717) is 11.1 Å². The number of hydrogen-bond donors (Lipinski definition) is 0. The fourth-order valence-electron chi connectivity index (χ4n) is 1.44. The van der Waals surface area contributed by atoms with Gasteiger partial charge in [-0.05, 0) is 57.8 Å². The van der Waals surface area contributed by atoms with Gasteiger partial charge in [-0.2, -0.15) is 0 Å². The minimum Gasteiger partial charge on any atom is -0.748 e. The van der Waals surface area contributed by atoms with Gasteiger partial charge in [-0.1, -0.05) is 24.3 Å². The molecule has 0 heterocycles. The molecule has 0 saturated carbocycles. The van der Waals surface area contributed by atoms with E-state index in [1.165, 1.54) is 48.5 Å². The summed E-state index contributed by atoms with van der Waals surface area (Å²) in [4.78, 5) is 0. The monoisotopic (exact) mass is 608 g/mol. The number of halogens is 2. The SMILES string of the molecule is O.O.O.O.O.O.O=S([O-])(=S)OCc1ccc(F)cc1.O=S([O-])(=S)OCc1ccc(F)cc1.[Ni+2]. The summed E-state index contributed by atoms with van der Waals surface area (Å²) < 4.78 is 75.0. The summed E-state index contributed by atoms with van der Waals surface area (Å²) >= 11 is 7.97. The van der Waals surface area contributed by atoms with E-state index >= 15 is 0 Å². The Labute approximate surface area is 208 Å². The van der Waals surface area contributed by atoms with Crippen LogP contribution in [0.5, 0.6) is 0 Å². The van der Waals surface area contributed by atoms with Crippen molar-refractivity contribution in [2.24, 2.45) is 0 Å². The molecule has 2 unspecified atom stereocenters. The van der Waals surface area contributed by atoms with Gasteiger partial charge in [-0.15, -0.1) is 0 Å². The van der Waals surface area contributed by atoms with Crippen LogP contribution in [0.15, 0.2) is 48.5 Å². The van der Waals surface area contributed by atoms with Crippen LogP contribution in [0.2, 0.25) is 0 Å². The van der Waals surface area contributed by atoms with E-state index in [-0.39, 0.29) is 74.2 Å². The molecule has 0 aliphatic rings. The van der Waals surface area contributed by atoms with Crippen molar-refractivity contribution >= 4 is 40.5 Å². The van der Waals surface area contributed by atoms with E-state index in [0.717, 1.165) is 0 Å². The Kier molecular flexibility index (Phi) is 34.2. The van der Waals surface area contributed by atoms with Crippen LogP contribution in [0.3, 0.4) is 0 Å². The van der Waals surface area contributed by atoms with Crippen molar-refractivity contribution in [2.75, 3.05) is 0 Å². The Morgan fingerprint density at radius 3 is 1.03 bits per heavy atom. The number of rotatable bonds is 6. The van der Waals surface area contributed by atoms with Crippen molar-refractivity contribution in [2.45, 2.75) is 13.2 Å². The van der Waals surface area contributed by atoms with Crippen molar-refractivity contribution in [3.8, 4) is 0 Å². The molecule has 19 heteroatoms. The van der Waals surface area contributed by atoms with Crippen molar-refractivity contribution in [3.05, 3.63) is 71.3 Å². The Balaban J connectivity index is -0.0000000676. The normalized spacial score (nSPS) is 12.0. The minimum absolute atomic E-state index is 0. The summed E-state index contributed by atoms with van der Waals surface area (Å²) in [6.45, 7) is -0.321. The van der Waals surface area contributed by atoms with Crippen LogP contribution in [0.25, 0.3) is 0 Å². The van der Waals surface area contributed by atoms with E-state index in [4.69, 9.17) is 0 Å². The van der Waals surface area contributed by atoms with Crippen molar-refractivity contribution in [1.29, 1.82) is 0 Å². The van der Waals surface area contributed by atoms with Gasteiger partial charge in [0.05, 0.1) is 31.3 Å². The molecular formula is C14H24F2NiO12S4. The molecule has 0 amide bonds. The van der Waals surface area contributed by atoms with E-state index in [9.17, 15) is 26.3 Å². The van der Waals surface area contributed by atoms with E-state index in [2.05, 4.69) is 30.7 Å². The predicted molar refractivity (Wildman–Crippen MR) is 117 cm³/mol. The third kappa shape index (κ3) is 27.3. The molecule has 0 fully saturated rings. The van der Waals surface area contributed by atoms with Gasteiger partial charge in [-0.25, -0.2) is 17.2 Å². The molecule has 12 nitrogen and oxygen atoms in total.